The smallest absolute Gasteiger partial charge is 0.309 e. The molecule has 0 heterocycles. The predicted octanol–water partition coefficient (Wildman–Crippen LogP) is 2.83. The summed E-state index contributed by atoms with van der Waals surface area (Å²) >= 11 is 3.21. The summed E-state index contributed by atoms with van der Waals surface area (Å²) in [5, 5.41) is 0.447. The number of ether oxygens (including phenoxy) is 2. The third-order valence-electron chi connectivity index (χ3n) is 2.16. The molecule has 0 N–H and O–H groups in total. The molecule has 0 aliphatic rings. The lowest BCUT2D eigenvalue weighted by Crippen LogP contribution is -2.24. The summed E-state index contributed by atoms with van der Waals surface area (Å²) in [6.45, 7) is 4.26. The molecule has 0 saturated carbocycles. The van der Waals surface area contributed by atoms with E-state index in [1.54, 1.807) is 6.92 Å². The molecule has 0 amide bonds. The van der Waals surface area contributed by atoms with Gasteiger partial charge in [0.25, 0.3) is 0 Å². The van der Waals surface area contributed by atoms with E-state index in [9.17, 15) is 9.59 Å². The lowest BCUT2D eigenvalue weighted by atomic mass is 10.2. The number of esters is 2. The molecule has 0 aromatic heterocycles. The number of hydrogen-bond acceptors (Lipinski definition) is 4. The zero-order valence-corrected chi connectivity index (χ0v) is 12.1. The first-order valence-corrected chi connectivity index (χ1v) is 7.17. The third kappa shape index (κ3) is 9.15. The summed E-state index contributed by atoms with van der Waals surface area (Å²) in [4.78, 5) is 22.5. The van der Waals surface area contributed by atoms with E-state index >= 15 is 0 Å². The molecular formula is C12H21BrO4. The van der Waals surface area contributed by atoms with Crippen LogP contribution >= 0.6 is 15.9 Å². The van der Waals surface area contributed by atoms with Crippen LogP contribution in [0, 0.1) is 0 Å². The minimum atomic E-state index is -0.430. The summed E-state index contributed by atoms with van der Waals surface area (Å²) in [5.41, 5.74) is 0. The van der Waals surface area contributed by atoms with Gasteiger partial charge in [-0.05, 0) is 6.42 Å². The lowest BCUT2D eigenvalue weighted by molar-refractivity contribution is -0.153. The monoisotopic (exact) mass is 308 g/mol. The zero-order valence-electron chi connectivity index (χ0n) is 10.5. The molecule has 17 heavy (non-hydrogen) atoms. The second kappa shape index (κ2) is 10.6. The van der Waals surface area contributed by atoms with E-state index in [0.717, 1.165) is 19.3 Å². The molecule has 0 radical (unpaired) electrons. The van der Waals surface area contributed by atoms with Gasteiger partial charge in [-0.3, -0.25) is 9.59 Å². The first kappa shape index (κ1) is 16.4. The minimum Gasteiger partial charge on any atom is -0.466 e. The Hall–Kier alpha value is -0.580. The SMILES string of the molecule is CCCCCOC(=O)CC(CBr)OC(=O)CC. The van der Waals surface area contributed by atoms with Crippen LogP contribution in [0.15, 0.2) is 0 Å². The summed E-state index contributed by atoms with van der Waals surface area (Å²) in [5.74, 6) is -0.609. The molecule has 1 atom stereocenters. The van der Waals surface area contributed by atoms with Crippen molar-refractivity contribution in [2.45, 2.75) is 52.1 Å². The molecule has 0 aromatic carbocycles. The fraction of sp³-hybridized carbons (Fsp3) is 0.833. The van der Waals surface area contributed by atoms with E-state index in [-0.39, 0.29) is 18.4 Å². The van der Waals surface area contributed by atoms with E-state index in [0.29, 0.717) is 18.4 Å². The van der Waals surface area contributed by atoms with E-state index < -0.39 is 6.10 Å². The van der Waals surface area contributed by atoms with Gasteiger partial charge in [0, 0.05) is 11.8 Å². The van der Waals surface area contributed by atoms with Crippen molar-refractivity contribution in [2.24, 2.45) is 0 Å². The third-order valence-corrected chi connectivity index (χ3v) is 2.89. The van der Waals surface area contributed by atoms with Gasteiger partial charge in [-0.15, -0.1) is 0 Å². The van der Waals surface area contributed by atoms with Crippen molar-refractivity contribution in [2.75, 3.05) is 11.9 Å². The Morgan fingerprint density at radius 2 is 1.88 bits per heavy atom. The highest BCUT2D eigenvalue weighted by Gasteiger charge is 2.17. The molecule has 0 saturated heterocycles. The molecule has 0 aromatic rings. The number of rotatable bonds is 9. The number of carbonyl (C=O) groups excluding carboxylic acids is 2. The van der Waals surface area contributed by atoms with Crippen LogP contribution in [0.5, 0.6) is 0 Å². The van der Waals surface area contributed by atoms with Crippen molar-refractivity contribution < 1.29 is 19.1 Å². The number of halogens is 1. The summed E-state index contributed by atoms with van der Waals surface area (Å²) in [7, 11) is 0. The van der Waals surface area contributed by atoms with Crippen LogP contribution in [-0.4, -0.2) is 30.0 Å². The van der Waals surface area contributed by atoms with Gasteiger partial charge in [-0.25, -0.2) is 0 Å². The zero-order chi connectivity index (χ0) is 13.1. The van der Waals surface area contributed by atoms with E-state index in [2.05, 4.69) is 22.9 Å². The maximum absolute atomic E-state index is 11.4. The molecule has 4 nitrogen and oxygen atoms in total. The minimum absolute atomic E-state index is 0.114. The quantitative estimate of drug-likeness (QED) is 0.373. The predicted molar refractivity (Wildman–Crippen MR) is 69.1 cm³/mol. The highest BCUT2D eigenvalue weighted by molar-refractivity contribution is 9.09. The number of alkyl halides is 1. The molecule has 0 rings (SSSR count). The Balaban J connectivity index is 3.78. The molecule has 5 heteroatoms. The number of carbonyl (C=O) groups is 2. The van der Waals surface area contributed by atoms with Crippen LogP contribution in [0.4, 0.5) is 0 Å². The van der Waals surface area contributed by atoms with Gasteiger partial charge in [0.05, 0.1) is 13.0 Å². The topological polar surface area (TPSA) is 52.6 Å². The summed E-state index contributed by atoms with van der Waals surface area (Å²) < 4.78 is 10.1. The lowest BCUT2D eigenvalue weighted by Gasteiger charge is -2.14. The van der Waals surface area contributed by atoms with Gasteiger partial charge >= 0.3 is 11.9 Å². The normalized spacial score (nSPS) is 11.9. The van der Waals surface area contributed by atoms with E-state index in [4.69, 9.17) is 9.47 Å². The van der Waals surface area contributed by atoms with Crippen LogP contribution in [0.3, 0.4) is 0 Å². The maximum Gasteiger partial charge on any atom is 0.309 e. The fourth-order valence-corrected chi connectivity index (χ4v) is 1.54. The second-order valence-electron chi connectivity index (χ2n) is 3.75. The summed E-state index contributed by atoms with van der Waals surface area (Å²) in [6.07, 6.45) is 3.03. The van der Waals surface area contributed by atoms with Crippen molar-refractivity contribution in [1.29, 1.82) is 0 Å². The maximum atomic E-state index is 11.4. The van der Waals surface area contributed by atoms with Crippen LogP contribution in [0.2, 0.25) is 0 Å². The van der Waals surface area contributed by atoms with Gasteiger partial charge in [0.15, 0.2) is 0 Å². The molecule has 1 unspecified atom stereocenters. The Kier molecular flexibility index (Phi) is 10.2. The Bertz CT molecular complexity index is 231. The molecule has 0 aliphatic heterocycles. The van der Waals surface area contributed by atoms with Crippen LogP contribution in [-0.2, 0) is 19.1 Å². The fourth-order valence-electron chi connectivity index (χ4n) is 1.18. The largest absolute Gasteiger partial charge is 0.466 e. The average molecular weight is 309 g/mol. The molecule has 0 fully saturated rings. The number of hydrogen-bond donors (Lipinski definition) is 0. The van der Waals surface area contributed by atoms with E-state index in [1.165, 1.54) is 0 Å². The Labute approximate surface area is 111 Å². The molecule has 100 valence electrons. The molecule has 0 bridgehead atoms. The molecule has 0 spiro atoms. The van der Waals surface area contributed by atoms with Crippen LogP contribution in [0.1, 0.15) is 46.0 Å². The highest BCUT2D eigenvalue weighted by Crippen LogP contribution is 2.06. The van der Waals surface area contributed by atoms with Gasteiger partial charge in [0.2, 0.25) is 0 Å². The standard InChI is InChI=1S/C12H21BrO4/c1-3-5-6-7-16-12(15)8-10(9-13)17-11(14)4-2/h10H,3-9H2,1-2H3. The summed E-state index contributed by atoms with van der Waals surface area (Å²) in [6, 6.07) is 0. The van der Waals surface area contributed by atoms with Gasteiger partial charge in [-0.2, -0.15) is 0 Å². The molecular weight excluding hydrogens is 288 g/mol. The first-order valence-electron chi connectivity index (χ1n) is 6.05. The van der Waals surface area contributed by atoms with Crippen molar-refractivity contribution in [3.63, 3.8) is 0 Å². The van der Waals surface area contributed by atoms with Gasteiger partial charge < -0.3 is 9.47 Å². The number of unbranched alkanes of at least 4 members (excludes halogenated alkanes) is 2. The Morgan fingerprint density at radius 3 is 2.41 bits per heavy atom. The van der Waals surface area contributed by atoms with Gasteiger partial charge in [0.1, 0.15) is 6.10 Å². The van der Waals surface area contributed by atoms with Crippen molar-refractivity contribution >= 4 is 27.9 Å². The van der Waals surface area contributed by atoms with Crippen molar-refractivity contribution in [3.8, 4) is 0 Å². The van der Waals surface area contributed by atoms with Crippen molar-refractivity contribution in [1.82, 2.24) is 0 Å². The van der Waals surface area contributed by atoms with Gasteiger partial charge in [-0.1, -0.05) is 42.6 Å². The average Bonchev–Trinajstić information content (AvgIpc) is 2.33. The Morgan fingerprint density at radius 1 is 1.18 bits per heavy atom. The first-order chi connectivity index (χ1) is 8.13. The van der Waals surface area contributed by atoms with Crippen LogP contribution in [0.25, 0.3) is 0 Å². The van der Waals surface area contributed by atoms with Crippen LogP contribution < -0.4 is 0 Å². The molecule has 0 aliphatic carbocycles. The highest BCUT2D eigenvalue weighted by atomic mass is 79.9. The van der Waals surface area contributed by atoms with E-state index in [1.807, 2.05) is 0 Å². The second-order valence-corrected chi connectivity index (χ2v) is 4.40. The van der Waals surface area contributed by atoms with Crippen molar-refractivity contribution in [3.05, 3.63) is 0 Å².